The van der Waals surface area contributed by atoms with Crippen molar-refractivity contribution in [2.45, 2.75) is 6.92 Å². The first-order chi connectivity index (χ1) is 5.54. The van der Waals surface area contributed by atoms with Gasteiger partial charge in [-0.25, -0.2) is 19.4 Å². The number of hydrogen-bond acceptors (Lipinski definition) is 6. The minimum atomic E-state index is -1.37. The lowest BCUT2D eigenvalue weighted by atomic mass is 10.4. The molecule has 0 aromatic heterocycles. The van der Waals surface area contributed by atoms with Crippen LogP contribution in [0.3, 0.4) is 0 Å². The molecule has 64 valence electrons. The van der Waals surface area contributed by atoms with Crippen LogP contribution in [0.4, 0.5) is 0 Å². The SMILES string of the molecule is CC(=O)OOC(=O)C1C(=O)C1=O. The molecule has 0 radical (unpaired) electrons. The highest BCUT2D eigenvalue weighted by atomic mass is 17.2. The minimum absolute atomic E-state index is 0.813. The lowest BCUT2D eigenvalue weighted by Gasteiger charge is -1.95. The molecule has 0 spiro atoms. The third kappa shape index (κ3) is 1.47. The third-order valence-electron chi connectivity index (χ3n) is 1.16. The molecule has 0 saturated heterocycles. The van der Waals surface area contributed by atoms with Gasteiger partial charge >= 0.3 is 11.9 Å². The molecule has 1 saturated carbocycles. The van der Waals surface area contributed by atoms with E-state index in [1.165, 1.54) is 0 Å². The van der Waals surface area contributed by atoms with Crippen LogP contribution in [0, 0.1) is 5.92 Å². The van der Waals surface area contributed by atoms with Crippen LogP contribution in [0.5, 0.6) is 0 Å². The molecule has 12 heavy (non-hydrogen) atoms. The first kappa shape index (κ1) is 8.38. The number of carbonyl (C=O) groups is 4. The van der Waals surface area contributed by atoms with Crippen molar-refractivity contribution in [3.05, 3.63) is 0 Å². The fourth-order valence-corrected chi connectivity index (χ4v) is 0.546. The van der Waals surface area contributed by atoms with E-state index in [-0.39, 0.29) is 0 Å². The van der Waals surface area contributed by atoms with E-state index < -0.39 is 29.4 Å². The largest absolute Gasteiger partial charge is 0.374 e. The molecule has 0 bridgehead atoms. The molecule has 1 fully saturated rings. The Bertz CT molecular complexity index is 264. The van der Waals surface area contributed by atoms with Crippen LogP contribution in [0.1, 0.15) is 6.92 Å². The third-order valence-corrected chi connectivity index (χ3v) is 1.16. The van der Waals surface area contributed by atoms with Crippen molar-refractivity contribution < 1.29 is 29.0 Å². The van der Waals surface area contributed by atoms with Gasteiger partial charge in [0, 0.05) is 6.92 Å². The molecular weight excluding hydrogens is 168 g/mol. The van der Waals surface area contributed by atoms with E-state index in [1.54, 1.807) is 0 Å². The Kier molecular flexibility index (Phi) is 1.90. The van der Waals surface area contributed by atoms with Crippen LogP contribution in [0.15, 0.2) is 0 Å². The van der Waals surface area contributed by atoms with Crippen LogP contribution in [-0.2, 0) is 29.0 Å². The Balaban J connectivity index is 2.36. The van der Waals surface area contributed by atoms with Gasteiger partial charge < -0.3 is 0 Å². The highest BCUT2D eigenvalue weighted by Gasteiger charge is 2.56. The summed E-state index contributed by atoms with van der Waals surface area (Å²) in [5.41, 5.74) is 0. The number of hydrogen-bond donors (Lipinski definition) is 0. The smallest absolute Gasteiger partial charge is 0.289 e. The average Bonchev–Trinajstić information content (AvgIpc) is 2.56. The van der Waals surface area contributed by atoms with E-state index in [9.17, 15) is 19.2 Å². The second-order valence-corrected chi connectivity index (χ2v) is 2.14. The van der Waals surface area contributed by atoms with Gasteiger partial charge in [-0.2, -0.15) is 0 Å². The fraction of sp³-hybridized carbons (Fsp3) is 0.333. The molecule has 6 nitrogen and oxygen atoms in total. The van der Waals surface area contributed by atoms with E-state index in [0.717, 1.165) is 6.92 Å². The van der Waals surface area contributed by atoms with Gasteiger partial charge in [-0.3, -0.25) is 9.59 Å². The van der Waals surface area contributed by atoms with Crippen LogP contribution in [0.25, 0.3) is 0 Å². The van der Waals surface area contributed by atoms with Crippen molar-refractivity contribution in [3.8, 4) is 0 Å². The Morgan fingerprint density at radius 2 is 1.67 bits per heavy atom. The first-order valence-electron chi connectivity index (χ1n) is 3.01. The predicted molar refractivity (Wildman–Crippen MR) is 31.4 cm³/mol. The quantitative estimate of drug-likeness (QED) is 0.213. The topological polar surface area (TPSA) is 86.7 Å². The maximum absolute atomic E-state index is 10.6. The highest BCUT2D eigenvalue weighted by Crippen LogP contribution is 2.20. The first-order valence-corrected chi connectivity index (χ1v) is 3.01. The van der Waals surface area contributed by atoms with Crippen molar-refractivity contribution >= 4 is 23.5 Å². The summed E-state index contributed by atoms with van der Waals surface area (Å²) >= 11 is 0. The van der Waals surface area contributed by atoms with Gasteiger partial charge in [0.1, 0.15) is 0 Å². The normalized spacial score (nSPS) is 15.8. The summed E-state index contributed by atoms with van der Waals surface area (Å²) in [6.07, 6.45) is 0. The van der Waals surface area contributed by atoms with Crippen molar-refractivity contribution in [2.75, 3.05) is 0 Å². The molecule has 6 heteroatoms. The number of carbonyl (C=O) groups excluding carboxylic acids is 4. The van der Waals surface area contributed by atoms with Gasteiger partial charge in [-0.05, 0) is 0 Å². The minimum Gasteiger partial charge on any atom is -0.289 e. The number of rotatable bonds is 1. The zero-order valence-corrected chi connectivity index (χ0v) is 6.03. The maximum atomic E-state index is 10.6. The molecule has 0 atom stereocenters. The lowest BCUT2D eigenvalue weighted by Crippen LogP contribution is -2.11. The molecule has 1 rings (SSSR count). The second-order valence-electron chi connectivity index (χ2n) is 2.14. The van der Waals surface area contributed by atoms with Gasteiger partial charge in [0.05, 0.1) is 0 Å². The Morgan fingerprint density at radius 1 is 1.17 bits per heavy atom. The molecule has 0 amide bonds. The molecule has 1 aliphatic rings. The predicted octanol–water partition coefficient (Wildman–Crippen LogP) is -1.22. The van der Waals surface area contributed by atoms with Crippen molar-refractivity contribution in [1.29, 1.82) is 0 Å². The fourth-order valence-electron chi connectivity index (χ4n) is 0.546. The number of ketones is 2. The average molecular weight is 172 g/mol. The summed E-state index contributed by atoms with van der Waals surface area (Å²) in [7, 11) is 0. The Labute approximate surface area is 66.4 Å². The summed E-state index contributed by atoms with van der Waals surface area (Å²) in [6, 6.07) is 0. The maximum Gasteiger partial charge on any atom is 0.374 e. The van der Waals surface area contributed by atoms with Gasteiger partial charge in [-0.15, -0.1) is 0 Å². The molecule has 1 aliphatic carbocycles. The molecule has 0 unspecified atom stereocenters. The van der Waals surface area contributed by atoms with Crippen LogP contribution < -0.4 is 0 Å². The molecule has 0 aromatic carbocycles. The van der Waals surface area contributed by atoms with Gasteiger partial charge in [0.15, 0.2) is 5.92 Å². The molecule has 0 aliphatic heterocycles. The number of Topliss-reactive ketones (excluding diaryl/α,β-unsaturated/α-hetero) is 2. The van der Waals surface area contributed by atoms with Crippen LogP contribution in [0.2, 0.25) is 0 Å². The van der Waals surface area contributed by atoms with E-state index in [1.807, 2.05) is 0 Å². The van der Waals surface area contributed by atoms with Crippen LogP contribution in [-0.4, -0.2) is 23.5 Å². The van der Waals surface area contributed by atoms with E-state index in [2.05, 4.69) is 9.78 Å². The van der Waals surface area contributed by atoms with E-state index in [0.29, 0.717) is 0 Å². The van der Waals surface area contributed by atoms with Gasteiger partial charge in [-0.1, -0.05) is 0 Å². The summed E-state index contributed by atoms with van der Waals surface area (Å²) in [6.45, 7) is 1.02. The summed E-state index contributed by atoms with van der Waals surface area (Å²) in [5, 5.41) is 0. The zero-order chi connectivity index (χ0) is 9.30. The van der Waals surface area contributed by atoms with Crippen molar-refractivity contribution in [1.82, 2.24) is 0 Å². The molecular formula is C6H4O6. The Morgan fingerprint density at radius 3 is 2.00 bits per heavy atom. The van der Waals surface area contributed by atoms with Gasteiger partial charge in [0.25, 0.3) is 0 Å². The van der Waals surface area contributed by atoms with Crippen molar-refractivity contribution in [3.63, 3.8) is 0 Å². The zero-order valence-electron chi connectivity index (χ0n) is 6.03. The van der Waals surface area contributed by atoms with E-state index in [4.69, 9.17) is 0 Å². The van der Waals surface area contributed by atoms with Gasteiger partial charge in [0.2, 0.25) is 11.6 Å². The monoisotopic (exact) mass is 172 g/mol. The molecule has 0 heterocycles. The summed E-state index contributed by atoms with van der Waals surface area (Å²) < 4.78 is 0. The Hall–Kier alpha value is -1.72. The van der Waals surface area contributed by atoms with Crippen molar-refractivity contribution in [2.24, 2.45) is 5.92 Å². The summed E-state index contributed by atoms with van der Waals surface area (Å²) in [5.74, 6) is -4.97. The lowest BCUT2D eigenvalue weighted by molar-refractivity contribution is -0.257. The second kappa shape index (κ2) is 2.72. The highest BCUT2D eigenvalue weighted by molar-refractivity contribution is 6.66. The summed E-state index contributed by atoms with van der Waals surface area (Å²) in [4.78, 5) is 48.9. The van der Waals surface area contributed by atoms with E-state index >= 15 is 0 Å². The molecule has 0 N–H and O–H groups in total. The molecule has 0 aromatic rings. The standard InChI is InChI=1S/C6H4O6/c1-2(7)11-12-6(10)3-4(8)5(3)9/h3H,1H3. The van der Waals surface area contributed by atoms with Crippen LogP contribution >= 0.6 is 0 Å².